The zero-order valence-corrected chi connectivity index (χ0v) is 13.1. The summed E-state index contributed by atoms with van der Waals surface area (Å²) in [6, 6.07) is 11.2. The van der Waals surface area contributed by atoms with Crippen molar-refractivity contribution in [2.75, 3.05) is 20.7 Å². The first-order valence-corrected chi connectivity index (χ1v) is 7.03. The molecule has 0 saturated carbocycles. The van der Waals surface area contributed by atoms with Crippen LogP contribution < -0.4 is 4.74 Å². The lowest BCUT2D eigenvalue weighted by Gasteiger charge is -2.17. The maximum absolute atomic E-state index is 12.1. The van der Waals surface area contributed by atoms with E-state index >= 15 is 0 Å². The number of thiocarbonyl (C=S) groups is 1. The van der Waals surface area contributed by atoms with Crippen LogP contribution in [-0.4, -0.2) is 36.7 Å². The Kier molecular flexibility index (Phi) is 4.75. The van der Waals surface area contributed by atoms with E-state index in [0.29, 0.717) is 17.9 Å². The van der Waals surface area contributed by atoms with E-state index in [1.807, 2.05) is 30.3 Å². The molecule has 2 rings (SSSR count). The number of benzene rings is 2. The second kappa shape index (κ2) is 6.54. The topological polar surface area (TPSA) is 38.8 Å². The second-order valence-corrected chi connectivity index (χ2v) is 5.00. The minimum atomic E-state index is -0.417. The number of carbonyl (C=O) groups is 1. The monoisotopic (exact) mass is 303 g/mol. The van der Waals surface area contributed by atoms with Crippen molar-refractivity contribution in [1.29, 1.82) is 0 Å². The molecule has 0 heterocycles. The Morgan fingerprint density at radius 2 is 1.90 bits per heavy atom. The minimum absolute atomic E-state index is 0.289. The number of rotatable bonds is 3. The summed E-state index contributed by atoms with van der Waals surface area (Å²) in [7, 11) is 3.58. The predicted octanol–water partition coefficient (Wildman–Crippen LogP) is 3.24. The van der Waals surface area contributed by atoms with Crippen molar-refractivity contribution in [3.63, 3.8) is 0 Å². The third-order valence-electron chi connectivity index (χ3n) is 2.93. The summed E-state index contributed by atoms with van der Waals surface area (Å²) in [5.74, 6) is 0.0186. The summed E-state index contributed by atoms with van der Waals surface area (Å²) < 4.78 is 10.8. The Balaban J connectivity index is 2.57. The van der Waals surface area contributed by atoms with Crippen LogP contribution in [0.2, 0.25) is 0 Å². The van der Waals surface area contributed by atoms with Gasteiger partial charge in [-0.25, -0.2) is 4.79 Å². The number of ether oxygens (including phenoxy) is 2. The molecule has 0 aliphatic heterocycles. The van der Waals surface area contributed by atoms with Crippen LogP contribution in [0.15, 0.2) is 36.4 Å². The first-order chi connectivity index (χ1) is 10.0. The van der Waals surface area contributed by atoms with Crippen LogP contribution in [-0.2, 0) is 4.74 Å². The fraction of sp³-hybridized carbons (Fsp3) is 0.250. The zero-order chi connectivity index (χ0) is 15.4. The van der Waals surface area contributed by atoms with Gasteiger partial charge in [0.2, 0.25) is 0 Å². The lowest BCUT2D eigenvalue weighted by molar-refractivity contribution is 0.0524. The van der Waals surface area contributed by atoms with E-state index in [4.69, 9.17) is 21.7 Å². The molecule has 0 spiro atoms. The Morgan fingerprint density at radius 1 is 1.19 bits per heavy atom. The van der Waals surface area contributed by atoms with Gasteiger partial charge in [0.1, 0.15) is 5.56 Å². The van der Waals surface area contributed by atoms with E-state index in [9.17, 15) is 4.79 Å². The van der Waals surface area contributed by atoms with Crippen molar-refractivity contribution in [3.05, 3.63) is 42.0 Å². The molecule has 0 N–H and O–H groups in total. The van der Waals surface area contributed by atoms with Gasteiger partial charge in [0.05, 0.1) is 6.61 Å². The van der Waals surface area contributed by atoms with Crippen LogP contribution in [0.3, 0.4) is 0 Å². The molecule has 5 heteroatoms. The SMILES string of the molecule is CCOC(=O)c1ccc2ccccc2c1OC(=S)N(C)C. The number of hydrogen-bond acceptors (Lipinski definition) is 4. The number of nitrogens with zero attached hydrogens (tertiary/aromatic N) is 1. The summed E-state index contributed by atoms with van der Waals surface area (Å²) in [5.41, 5.74) is 0.375. The maximum atomic E-state index is 12.1. The fourth-order valence-electron chi connectivity index (χ4n) is 1.90. The molecule has 0 aliphatic rings. The Bertz CT molecular complexity index is 682. The Hall–Kier alpha value is -2.14. The highest BCUT2D eigenvalue weighted by molar-refractivity contribution is 7.80. The third-order valence-corrected chi connectivity index (χ3v) is 3.38. The van der Waals surface area contributed by atoms with Crippen molar-refractivity contribution in [1.82, 2.24) is 4.90 Å². The van der Waals surface area contributed by atoms with E-state index in [-0.39, 0.29) is 5.17 Å². The minimum Gasteiger partial charge on any atom is -0.462 e. The van der Waals surface area contributed by atoms with Crippen molar-refractivity contribution in [2.24, 2.45) is 0 Å². The van der Waals surface area contributed by atoms with Gasteiger partial charge in [0.25, 0.3) is 5.17 Å². The van der Waals surface area contributed by atoms with Gasteiger partial charge in [-0.1, -0.05) is 30.3 Å². The van der Waals surface area contributed by atoms with Crippen molar-refractivity contribution >= 4 is 34.1 Å². The van der Waals surface area contributed by atoms with Gasteiger partial charge in [0.15, 0.2) is 5.75 Å². The quantitative estimate of drug-likeness (QED) is 0.643. The summed E-state index contributed by atoms with van der Waals surface area (Å²) in [6.07, 6.45) is 0. The molecule has 0 amide bonds. The van der Waals surface area contributed by atoms with Crippen molar-refractivity contribution < 1.29 is 14.3 Å². The van der Waals surface area contributed by atoms with E-state index in [1.54, 1.807) is 32.0 Å². The van der Waals surface area contributed by atoms with Gasteiger partial charge < -0.3 is 14.4 Å². The highest BCUT2D eigenvalue weighted by Crippen LogP contribution is 2.31. The Morgan fingerprint density at radius 3 is 2.57 bits per heavy atom. The van der Waals surface area contributed by atoms with Crippen molar-refractivity contribution in [2.45, 2.75) is 6.92 Å². The predicted molar refractivity (Wildman–Crippen MR) is 86.8 cm³/mol. The highest BCUT2D eigenvalue weighted by Gasteiger charge is 2.18. The van der Waals surface area contributed by atoms with E-state index < -0.39 is 5.97 Å². The zero-order valence-electron chi connectivity index (χ0n) is 12.3. The molecule has 2 aromatic carbocycles. The summed E-state index contributed by atoms with van der Waals surface area (Å²) >= 11 is 5.19. The largest absolute Gasteiger partial charge is 0.462 e. The van der Waals surface area contributed by atoms with Crippen LogP contribution in [0.5, 0.6) is 5.75 Å². The number of fused-ring (bicyclic) bond motifs is 1. The third kappa shape index (κ3) is 3.31. The summed E-state index contributed by atoms with van der Waals surface area (Å²) in [5, 5.41) is 2.09. The Labute approximate surface area is 129 Å². The average Bonchev–Trinajstić information content (AvgIpc) is 2.47. The van der Waals surface area contributed by atoms with E-state index in [0.717, 1.165) is 10.8 Å². The summed E-state index contributed by atoms with van der Waals surface area (Å²) in [4.78, 5) is 13.8. The molecule has 0 aromatic heterocycles. The van der Waals surface area contributed by atoms with Gasteiger partial charge in [-0.15, -0.1) is 0 Å². The van der Waals surface area contributed by atoms with Gasteiger partial charge >= 0.3 is 5.97 Å². The fourth-order valence-corrected chi connectivity index (χ4v) is 1.98. The molecule has 110 valence electrons. The summed E-state index contributed by atoms with van der Waals surface area (Å²) in [6.45, 7) is 2.08. The van der Waals surface area contributed by atoms with Crippen LogP contribution in [0, 0.1) is 0 Å². The van der Waals surface area contributed by atoms with Crippen LogP contribution in [0.4, 0.5) is 0 Å². The van der Waals surface area contributed by atoms with E-state index in [1.165, 1.54) is 0 Å². The smallest absolute Gasteiger partial charge is 0.341 e. The molecule has 0 unspecified atom stereocenters. The molecular weight excluding hydrogens is 286 g/mol. The van der Waals surface area contributed by atoms with Gasteiger partial charge in [-0.2, -0.15) is 0 Å². The molecular formula is C16H17NO3S. The number of esters is 1. The van der Waals surface area contributed by atoms with Gasteiger partial charge in [-0.3, -0.25) is 0 Å². The molecule has 0 fully saturated rings. The molecule has 4 nitrogen and oxygen atoms in total. The number of carbonyl (C=O) groups excluding carboxylic acids is 1. The molecule has 0 aliphatic carbocycles. The first-order valence-electron chi connectivity index (χ1n) is 6.62. The maximum Gasteiger partial charge on any atom is 0.341 e. The highest BCUT2D eigenvalue weighted by atomic mass is 32.1. The molecule has 0 atom stereocenters. The second-order valence-electron chi connectivity index (χ2n) is 4.65. The van der Waals surface area contributed by atoms with Gasteiger partial charge in [-0.05, 0) is 30.6 Å². The molecule has 2 aromatic rings. The lowest BCUT2D eigenvalue weighted by atomic mass is 10.1. The van der Waals surface area contributed by atoms with Crippen LogP contribution >= 0.6 is 12.2 Å². The molecule has 21 heavy (non-hydrogen) atoms. The average molecular weight is 303 g/mol. The standard InChI is InChI=1S/C16H17NO3S/c1-4-19-15(18)13-10-9-11-7-5-6-8-12(11)14(13)20-16(21)17(2)3/h5-10H,4H2,1-3H3. The molecule has 0 bridgehead atoms. The normalized spacial score (nSPS) is 10.2. The molecule has 0 radical (unpaired) electrons. The number of hydrogen-bond donors (Lipinski definition) is 0. The molecule has 0 saturated heterocycles. The lowest BCUT2D eigenvalue weighted by Crippen LogP contribution is -2.26. The van der Waals surface area contributed by atoms with Crippen LogP contribution in [0.25, 0.3) is 10.8 Å². The van der Waals surface area contributed by atoms with Crippen LogP contribution in [0.1, 0.15) is 17.3 Å². The van der Waals surface area contributed by atoms with E-state index in [2.05, 4.69) is 0 Å². The van der Waals surface area contributed by atoms with Crippen molar-refractivity contribution in [3.8, 4) is 5.75 Å². The first kappa shape index (κ1) is 15.3. The van der Waals surface area contributed by atoms with Gasteiger partial charge in [0, 0.05) is 19.5 Å².